The number of fused-ring (bicyclic) bond motifs is 1. The zero-order valence-electron chi connectivity index (χ0n) is 12.6. The summed E-state index contributed by atoms with van der Waals surface area (Å²) in [5, 5.41) is 1.22. The number of nitrogens with zero attached hydrogens (tertiary/aromatic N) is 1. The Bertz CT molecular complexity index is 575. The van der Waals surface area contributed by atoms with Gasteiger partial charge < -0.3 is 19.8 Å². The van der Waals surface area contributed by atoms with E-state index < -0.39 is 0 Å². The van der Waals surface area contributed by atoms with Gasteiger partial charge in [0.05, 0.1) is 18.7 Å². The van der Waals surface area contributed by atoms with Gasteiger partial charge >= 0.3 is 0 Å². The number of rotatable bonds is 7. The first-order valence-corrected chi connectivity index (χ1v) is 7.30. The predicted molar refractivity (Wildman–Crippen MR) is 82.7 cm³/mol. The van der Waals surface area contributed by atoms with Crippen LogP contribution in [0.4, 0.5) is 0 Å². The molecule has 110 valence electrons. The zero-order chi connectivity index (χ0) is 14.5. The third-order valence-corrected chi connectivity index (χ3v) is 3.35. The van der Waals surface area contributed by atoms with E-state index in [1.807, 2.05) is 13.8 Å². The molecule has 0 amide bonds. The predicted octanol–water partition coefficient (Wildman–Crippen LogP) is 3.10. The Morgan fingerprint density at radius 1 is 1.10 bits per heavy atom. The van der Waals surface area contributed by atoms with Gasteiger partial charge in [0, 0.05) is 24.2 Å². The van der Waals surface area contributed by atoms with E-state index >= 15 is 0 Å². The molecule has 2 rings (SSSR count). The highest BCUT2D eigenvalue weighted by atomic mass is 16.5. The number of benzene rings is 1. The molecular weight excluding hydrogens is 252 g/mol. The molecule has 2 N–H and O–H groups in total. The summed E-state index contributed by atoms with van der Waals surface area (Å²) < 4.78 is 13.6. The summed E-state index contributed by atoms with van der Waals surface area (Å²) in [6.45, 7) is 9.00. The molecule has 0 atom stereocenters. The van der Waals surface area contributed by atoms with E-state index in [1.54, 1.807) is 0 Å². The minimum absolute atomic E-state index is 0.633. The summed E-state index contributed by atoms with van der Waals surface area (Å²) in [6.07, 6.45) is 3.15. The molecule has 0 aliphatic heterocycles. The minimum atomic E-state index is 0.633. The summed E-state index contributed by atoms with van der Waals surface area (Å²) in [4.78, 5) is 0. The van der Waals surface area contributed by atoms with Crippen molar-refractivity contribution in [3.63, 3.8) is 0 Å². The van der Waals surface area contributed by atoms with Gasteiger partial charge in [0.15, 0.2) is 11.5 Å². The van der Waals surface area contributed by atoms with Crippen LogP contribution in [0.2, 0.25) is 0 Å². The molecule has 4 nitrogen and oxygen atoms in total. The van der Waals surface area contributed by atoms with E-state index in [0.717, 1.165) is 24.5 Å². The molecule has 0 bridgehead atoms. The molecule has 0 saturated carbocycles. The van der Waals surface area contributed by atoms with Crippen molar-refractivity contribution in [2.75, 3.05) is 19.8 Å². The van der Waals surface area contributed by atoms with Crippen LogP contribution in [-0.2, 0) is 6.54 Å². The SMILES string of the molecule is CCOc1cc2c(C)cn(CCCN)c2cc1OCC. The Kier molecular flexibility index (Phi) is 4.90. The van der Waals surface area contributed by atoms with E-state index in [1.165, 1.54) is 16.5 Å². The monoisotopic (exact) mass is 276 g/mol. The van der Waals surface area contributed by atoms with Gasteiger partial charge in [-0.2, -0.15) is 0 Å². The summed E-state index contributed by atoms with van der Waals surface area (Å²) in [6, 6.07) is 4.16. The maximum Gasteiger partial charge on any atom is 0.163 e. The number of hydrogen-bond acceptors (Lipinski definition) is 3. The third kappa shape index (κ3) is 2.90. The van der Waals surface area contributed by atoms with Gasteiger partial charge in [-0.05, 0) is 45.4 Å². The molecule has 0 unspecified atom stereocenters. The van der Waals surface area contributed by atoms with Gasteiger partial charge in [-0.3, -0.25) is 0 Å². The second-order valence-electron chi connectivity index (χ2n) is 4.83. The van der Waals surface area contributed by atoms with Gasteiger partial charge in [-0.25, -0.2) is 0 Å². The molecule has 2 aromatic rings. The average Bonchev–Trinajstić information content (AvgIpc) is 2.74. The van der Waals surface area contributed by atoms with Crippen molar-refractivity contribution in [1.29, 1.82) is 0 Å². The van der Waals surface area contributed by atoms with Gasteiger partial charge in [0.2, 0.25) is 0 Å². The van der Waals surface area contributed by atoms with Crippen LogP contribution in [0.1, 0.15) is 25.8 Å². The van der Waals surface area contributed by atoms with Crippen molar-refractivity contribution in [1.82, 2.24) is 4.57 Å². The van der Waals surface area contributed by atoms with Gasteiger partial charge in [0.1, 0.15) is 0 Å². The fraction of sp³-hybridized carbons (Fsp3) is 0.500. The molecule has 1 heterocycles. The van der Waals surface area contributed by atoms with Crippen LogP contribution in [0, 0.1) is 6.92 Å². The average molecular weight is 276 g/mol. The molecule has 0 radical (unpaired) electrons. The van der Waals surface area contributed by atoms with Crippen molar-refractivity contribution < 1.29 is 9.47 Å². The first-order valence-electron chi connectivity index (χ1n) is 7.30. The van der Waals surface area contributed by atoms with Gasteiger partial charge in [-0.1, -0.05) is 0 Å². The first-order chi connectivity index (χ1) is 9.71. The Balaban J connectivity index is 2.50. The molecule has 0 aliphatic carbocycles. The highest BCUT2D eigenvalue weighted by Crippen LogP contribution is 2.35. The lowest BCUT2D eigenvalue weighted by Crippen LogP contribution is -2.05. The lowest BCUT2D eigenvalue weighted by Gasteiger charge is -2.12. The van der Waals surface area contributed by atoms with Crippen LogP contribution in [0.5, 0.6) is 11.5 Å². The van der Waals surface area contributed by atoms with Crippen LogP contribution in [0.15, 0.2) is 18.3 Å². The van der Waals surface area contributed by atoms with E-state index in [0.29, 0.717) is 19.8 Å². The summed E-state index contributed by atoms with van der Waals surface area (Å²) >= 11 is 0. The standard InChI is InChI=1S/C16H24N2O2/c1-4-19-15-9-13-12(3)11-18(8-6-7-17)14(13)10-16(15)20-5-2/h9-11H,4-8,17H2,1-3H3. The van der Waals surface area contributed by atoms with Gasteiger partial charge in [0.25, 0.3) is 0 Å². The van der Waals surface area contributed by atoms with E-state index in [9.17, 15) is 0 Å². The molecule has 0 aliphatic rings. The molecule has 0 fully saturated rings. The fourth-order valence-corrected chi connectivity index (χ4v) is 2.46. The largest absolute Gasteiger partial charge is 0.490 e. The number of aromatic nitrogens is 1. The number of aryl methyl sites for hydroxylation is 2. The molecule has 0 spiro atoms. The van der Waals surface area contributed by atoms with E-state index in [2.05, 4.69) is 29.8 Å². The quantitative estimate of drug-likeness (QED) is 0.845. The number of nitrogens with two attached hydrogens (primary N) is 1. The highest BCUT2D eigenvalue weighted by Gasteiger charge is 2.12. The minimum Gasteiger partial charge on any atom is -0.490 e. The fourth-order valence-electron chi connectivity index (χ4n) is 2.46. The highest BCUT2D eigenvalue weighted by molar-refractivity contribution is 5.87. The van der Waals surface area contributed by atoms with Crippen molar-refractivity contribution in [3.8, 4) is 11.5 Å². The van der Waals surface area contributed by atoms with E-state index in [-0.39, 0.29) is 0 Å². The van der Waals surface area contributed by atoms with Crippen LogP contribution in [0.3, 0.4) is 0 Å². The van der Waals surface area contributed by atoms with Crippen molar-refractivity contribution in [2.24, 2.45) is 5.73 Å². The Labute approximate surface area is 120 Å². The van der Waals surface area contributed by atoms with E-state index in [4.69, 9.17) is 15.2 Å². The molecule has 20 heavy (non-hydrogen) atoms. The smallest absolute Gasteiger partial charge is 0.163 e. The van der Waals surface area contributed by atoms with Crippen molar-refractivity contribution in [3.05, 3.63) is 23.9 Å². The third-order valence-electron chi connectivity index (χ3n) is 3.35. The Morgan fingerprint density at radius 2 is 1.75 bits per heavy atom. The van der Waals surface area contributed by atoms with Crippen molar-refractivity contribution in [2.45, 2.75) is 33.7 Å². The number of ether oxygens (including phenoxy) is 2. The van der Waals surface area contributed by atoms with Gasteiger partial charge in [-0.15, -0.1) is 0 Å². The topological polar surface area (TPSA) is 49.4 Å². The maximum absolute atomic E-state index is 5.70. The first kappa shape index (κ1) is 14.7. The molecule has 0 saturated heterocycles. The lowest BCUT2D eigenvalue weighted by atomic mass is 10.1. The maximum atomic E-state index is 5.70. The van der Waals surface area contributed by atoms with Crippen LogP contribution < -0.4 is 15.2 Å². The summed E-state index contributed by atoms with van der Waals surface area (Å²) in [5.74, 6) is 1.63. The van der Waals surface area contributed by atoms with Crippen LogP contribution >= 0.6 is 0 Å². The second kappa shape index (κ2) is 6.66. The normalized spacial score (nSPS) is 11.0. The molecule has 1 aromatic heterocycles. The Morgan fingerprint density at radius 3 is 2.35 bits per heavy atom. The second-order valence-corrected chi connectivity index (χ2v) is 4.83. The lowest BCUT2D eigenvalue weighted by molar-refractivity contribution is 0.288. The molecule has 1 aromatic carbocycles. The van der Waals surface area contributed by atoms with Crippen LogP contribution in [0.25, 0.3) is 10.9 Å². The molecular formula is C16H24N2O2. The van der Waals surface area contributed by atoms with Crippen molar-refractivity contribution >= 4 is 10.9 Å². The zero-order valence-corrected chi connectivity index (χ0v) is 12.6. The number of hydrogen-bond donors (Lipinski definition) is 1. The molecule has 4 heteroatoms. The summed E-state index contributed by atoms with van der Waals surface area (Å²) in [7, 11) is 0. The van der Waals surface area contributed by atoms with Crippen LogP contribution in [-0.4, -0.2) is 24.3 Å². The summed E-state index contributed by atoms with van der Waals surface area (Å²) in [5.41, 5.74) is 8.04. The Hall–Kier alpha value is -1.68.